The van der Waals surface area contributed by atoms with Crippen LogP contribution in [0.25, 0.3) is 0 Å². The van der Waals surface area contributed by atoms with E-state index in [2.05, 4.69) is 104 Å². The van der Waals surface area contributed by atoms with Crippen LogP contribution in [0.4, 0.5) is 0 Å². The molecule has 0 spiro atoms. The minimum absolute atomic E-state index is 0.235. The van der Waals surface area contributed by atoms with E-state index in [-0.39, 0.29) is 18.9 Å². The van der Waals surface area contributed by atoms with E-state index < -0.39 is 86.8 Å². The monoisotopic (exact) mass is 1110 g/mol. The minimum atomic E-state index is -1.80. The number of carbonyl (C=O) groups excluding carboxylic acids is 1. The standard InChI is InChI=1S/C65H111NO13/c1-3-5-7-9-11-13-15-17-19-21-23-25-26-27-28-29-31-33-35-37-39-41-43-45-47-49-57(70)66-53(54(69)48-46-44-42-40-38-36-34-32-30-24-22-20-18-16-14-12-10-8-6-4-2)52-76-64-62(75)60(73)63(56(51-68)78-64)79-65-61(74)59(72)58(71)55(50-67)77-65/h5,7,11,13,17,19,23,25,27-28,31,33,37,39,46,48,53-56,58-65,67-69,71-75H,3-4,6,8-10,12,14-16,18,20-22,24,26,29-30,32,34-36,38,40-45,47,49-52H2,1-2H3,(H,66,70)/b7-5-,13-11-,19-17-,25-23-,28-27-,33-31-,39-37-,48-46+. The Labute approximate surface area is 477 Å². The number of unbranched alkanes of at least 4 members (excludes halogenated alkanes) is 21. The van der Waals surface area contributed by atoms with Crippen molar-refractivity contribution in [2.75, 3.05) is 19.8 Å². The maximum atomic E-state index is 13.3. The average molecular weight is 1110 g/mol. The van der Waals surface area contributed by atoms with Gasteiger partial charge >= 0.3 is 0 Å². The molecule has 1 amide bonds. The molecule has 0 aliphatic carbocycles. The molecule has 14 heteroatoms. The van der Waals surface area contributed by atoms with Crippen molar-refractivity contribution in [1.29, 1.82) is 0 Å². The van der Waals surface area contributed by atoms with Gasteiger partial charge in [-0.1, -0.05) is 227 Å². The summed E-state index contributed by atoms with van der Waals surface area (Å²) in [5.41, 5.74) is 0. The van der Waals surface area contributed by atoms with Gasteiger partial charge in [-0.15, -0.1) is 0 Å². The first-order valence-corrected chi connectivity index (χ1v) is 31.0. The van der Waals surface area contributed by atoms with Crippen LogP contribution in [0.5, 0.6) is 0 Å². The minimum Gasteiger partial charge on any atom is -0.394 e. The number of hydrogen-bond acceptors (Lipinski definition) is 13. The van der Waals surface area contributed by atoms with Crippen molar-refractivity contribution in [2.45, 2.75) is 286 Å². The van der Waals surface area contributed by atoms with Crippen LogP contribution in [0.2, 0.25) is 0 Å². The number of amides is 1. The van der Waals surface area contributed by atoms with Crippen LogP contribution < -0.4 is 5.32 Å². The van der Waals surface area contributed by atoms with Gasteiger partial charge in [-0.25, -0.2) is 0 Å². The highest BCUT2D eigenvalue weighted by Crippen LogP contribution is 2.30. The van der Waals surface area contributed by atoms with E-state index in [4.69, 9.17) is 18.9 Å². The van der Waals surface area contributed by atoms with Crippen LogP contribution in [0.15, 0.2) is 97.2 Å². The highest BCUT2D eigenvalue weighted by molar-refractivity contribution is 5.76. The predicted molar refractivity (Wildman–Crippen MR) is 318 cm³/mol. The van der Waals surface area contributed by atoms with Gasteiger partial charge in [0.25, 0.3) is 0 Å². The Hall–Kier alpha value is -3.09. The van der Waals surface area contributed by atoms with Crippen molar-refractivity contribution in [3.05, 3.63) is 97.2 Å². The van der Waals surface area contributed by atoms with Crippen LogP contribution >= 0.6 is 0 Å². The fourth-order valence-electron chi connectivity index (χ4n) is 9.56. The molecule has 0 saturated carbocycles. The Morgan fingerprint density at radius 2 is 0.873 bits per heavy atom. The topological polar surface area (TPSA) is 228 Å². The Balaban J connectivity index is 1.78. The van der Waals surface area contributed by atoms with Crippen molar-refractivity contribution in [3.8, 4) is 0 Å². The fourth-order valence-corrected chi connectivity index (χ4v) is 9.56. The molecule has 0 aromatic carbocycles. The van der Waals surface area contributed by atoms with E-state index in [1.54, 1.807) is 6.08 Å². The second-order valence-electron chi connectivity index (χ2n) is 21.5. The van der Waals surface area contributed by atoms with Gasteiger partial charge in [-0.2, -0.15) is 0 Å². The number of hydrogen-bond donors (Lipinski definition) is 9. The molecule has 0 aromatic rings. The summed E-state index contributed by atoms with van der Waals surface area (Å²) in [6.07, 6.45) is 51.5. The van der Waals surface area contributed by atoms with Crippen LogP contribution in [-0.4, -0.2) is 140 Å². The SMILES string of the molecule is CC/C=C\C/C=C\C/C=C\C/C=C\C/C=C\C/C=C\C/C=C\CCCCCC(=O)NC(COC1OC(CO)C(OC2OC(CO)C(O)C(O)C2O)C(O)C1O)C(O)/C=C/CCCCCCCCCCCCCCCCCCCC. The molecule has 0 bridgehead atoms. The summed E-state index contributed by atoms with van der Waals surface area (Å²) in [4.78, 5) is 13.3. The molecular formula is C65H111NO13. The highest BCUT2D eigenvalue weighted by atomic mass is 16.7. The third-order valence-corrected chi connectivity index (χ3v) is 14.5. The van der Waals surface area contributed by atoms with Gasteiger partial charge in [0, 0.05) is 6.42 Å². The average Bonchev–Trinajstić information content (AvgIpc) is 3.47. The van der Waals surface area contributed by atoms with Crippen molar-refractivity contribution in [1.82, 2.24) is 5.32 Å². The van der Waals surface area contributed by atoms with Gasteiger partial charge in [-0.3, -0.25) is 4.79 Å². The predicted octanol–water partition coefficient (Wildman–Crippen LogP) is 11.1. The molecule has 12 atom stereocenters. The first-order chi connectivity index (χ1) is 38.6. The maximum Gasteiger partial charge on any atom is 0.220 e. The lowest BCUT2D eigenvalue weighted by molar-refractivity contribution is -0.359. The second-order valence-corrected chi connectivity index (χ2v) is 21.5. The van der Waals surface area contributed by atoms with E-state index in [1.807, 2.05) is 6.08 Å². The number of aliphatic hydroxyl groups excluding tert-OH is 8. The van der Waals surface area contributed by atoms with E-state index in [0.29, 0.717) is 6.42 Å². The van der Waals surface area contributed by atoms with Gasteiger partial charge in [0.15, 0.2) is 12.6 Å². The van der Waals surface area contributed by atoms with Gasteiger partial charge in [0.05, 0.1) is 32.0 Å². The highest BCUT2D eigenvalue weighted by Gasteiger charge is 2.51. The molecule has 9 N–H and O–H groups in total. The molecular weight excluding hydrogens is 1000 g/mol. The number of aliphatic hydroxyl groups is 8. The largest absolute Gasteiger partial charge is 0.394 e. The number of carbonyl (C=O) groups is 1. The molecule has 2 heterocycles. The summed E-state index contributed by atoms with van der Waals surface area (Å²) < 4.78 is 22.8. The third-order valence-electron chi connectivity index (χ3n) is 14.5. The fraction of sp³-hybridized carbons (Fsp3) is 0.738. The first kappa shape index (κ1) is 72.0. The third kappa shape index (κ3) is 34.8. The van der Waals surface area contributed by atoms with E-state index >= 15 is 0 Å². The summed E-state index contributed by atoms with van der Waals surface area (Å²) in [6.45, 7) is 2.66. The van der Waals surface area contributed by atoms with Crippen LogP contribution in [0.3, 0.4) is 0 Å². The van der Waals surface area contributed by atoms with Crippen molar-refractivity contribution >= 4 is 5.91 Å². The molecule has 12 unspecified atom stereocenters. The zero-order valence-electron chi connectivity index (χ0n) is 48.8. The Bertz CT molecular complexity index is 1690. The maximum absolute atomic E-state index is 13.3. The molecule has 2 rings (SSSR count). The van der Waals surface area contributed by atoms with Gasteiger partial charge in [0.1, 0.15) is 48.8 Å². The van der Waals surface area contributed by atoms with Crippen LogP contribution in [0.1, 0.15) is 213 Å². The Morgan fingerprint density at radius 3 is 1.34 bits per heavy atom. The summed E-state index contributed by atoms with van der Waals surface area (Å²) in [6, 6.07) is -0.940. The molecule has 2 saturated heterocycles. The normalized spacial score (nSPS) is 25.1. The van der Waals surface area contributed by atoms with Crippen LogP contribution in [0, 0.1) is 0 Å². The summed E-state index contributed by atoms with van der Waals surface area (Å²) >= 11 is 0. The molecule has 14 nitrogen and oxygen atoms in total. The lowest BCUT2D eigenvalue weighted by atomic mass is 9.97. The van der Waals surface area contributed by atoms with E-state index in [1.165, 1.54) is 103 Å². The van der Waals surface area contributed by atoms with Crippen molar-refractivity contribution in [2.24, 2.45) is 0 Å². The Morgan fingerprint density at radius 1 is 0.468 bits per heavy atom. The number of allylic oxidation sites excluding steroid dienone is 15. The zero-order chi connectivity index (χ0) is 57.4. The smallest absolute Gasteiger partial charge is 0.220 e. The molecule has 454 valence electrons. The van der Waals surface area contributed by atoms with Gasteiger partial charge in [-0.05, 0) is 77.0 Å². The molecule has 2 aliphatic rings. The van der Waals surface area contributed by atoms with E-state index in [0.717, 1.165) is 83.5 Å². The quantitative estimate of drug-likeness (QED) is 0.0204. The summed E-state index contributed by atoms with van der Waals surface area (Å²) in [5, 5.41) is 87.2. The zero-order valence-corrected chi connectivity index (χ0v) is 48.8. The van der Waals surface area contributed by atoms with Crippen LogP contribution in [-0.2, 0) is 23.7 Å². The molecule has 0 radical (unpaired) electrons. The second kappa shape index (κ2) is 49.5. The van der Waals surface area contributed by atoms with Gasteiger partial charge < -0.3 is 65.1 Å². The molecule has 79 heavy (non-hydrogen) atoms. The van der Waals surface area contributed by atoms with E-state index in [9.17, 15) is 45.6 Å². The molecule has 2 aliphatic heterocycles. The lowest BCUT2D eigenvalue weighted by Crippen LogP contribution is -2.65. The lowest BCUT2D eigenvalue weighted by Gasteiger charge is -2.46. The first-order valence-electron chi connectivity index (χ1n) is 31.0. The Kier molecular flexibility index (Phi) is 45.1. The van der Waals surface area contributed by atoms with Gasteiger partial charge in [0.2, 0.25) is 5.91 Å². The number of nitrogens with one attached hydrogen (secondary N) is 1. The summed E-state index contributed by atoms with van der Waals surface area (Å²) in [7, 11) is 0. The summed E-state index contributed by atoms with van der Waals surface area (Å²) in [5.74, 6) is -0.274. The van der Waals surface area contributed by atoms with Crippen molar-refractivity contribution in [3.63, 3.8) is 0 Å². The molecule has 0 aromatic heterocycles. The number of ether oxygens (including phenoxy) is 4. The van der Waals surface area contributed by atoms with Crippen molar-refractivity contribution < 1.29 is 64.6 Å². The molecule has 2 fully saturated rings. The number of rotatable bonds is 48.